The van der Waals surface area contributed by atoms with Crippen LogP contribution in [0.25, 0.3) is 0 Å². The van der Waals surface area contributed by atoms with Crippen LogP contribution in [0.3, 0.4) is 0 Å². The Morgan fingerprint density at radius 2 is 1.96 bits per heavy atom. The number of carboxylic acids is 1. The second-order valence-electron chi connectivity index (χ2n) is 6.30. The monoisotopic (exact) mass is 384 g/mol. The summed E-state index contributed by atoms with van der Waals surface area (Å²) < 4.78 is 16.4. The van der Waals surface area contributed by atoms with Crippen LogP contribution < -0.4 is 14.6 Å². The Morgan fingerprint density at radius 1 is 1.21 bits per heavy atom. The summed E-state index contributed by atoms with van der Waals surface area (Å²) in [5, 5.41) is 11.1. The quantitative estimate of drug-likeness (QED) is 0.647. The molecular formula is C21H22NO6-. The number of carbonyl (C=O) groups excluding carboxylic acids is 2. The average molecular weight is 384 g/mol. The van der Waals surface area contributed by atoms with Crippen LogP contribution in [0, 0.1) is 0 Å². The molecular weight excluding hydrogens is 362 g/mol. The van der Waals surface area contributed by atoms with Crippen LogP contribution in [-0.4, -0.2) is 49.4 Å². The first-order chi connectivity index (χ1) is 13.6. The Bertz CT molecular complexity index is 820. The number of hydrogen-bond donors (Lipinski definition) is 0. The summed E-state index contributed by atoms with van der Waals surface area (Å²) in [6.45, 7) is 2.95. The standard InChI is InChI=1S/C21H23NO6/c1-2-26-19(21(24)25)13-15-7-9-16(10-8-15)27-12-11-22-14-28-18-6-4-3-5-17(18)20(22)23/h3-10,19H,2,11-14H2,1H3,(H,24,25)/p-1. The maximum atomic E-state index is 12.4. The van der Waals surface area contributed by atoms with Gasteiger partial charge in [-0.3, -0.25) is 4.79 Å². The van der Waals surface area contributed by atoms with Gasteiger partial charge in [0.15, 0.2) is 6.73 Å². The number of carboxylic acid groups (broad SMARTS) is 1. The Morgan fingerprint density at radius 3 is 2.68 bits per heavy atom. The van der Waals surface area contributed by atoms with Gasteiger partial charge in [-0.15, -0.1) is 0 Å². The molecule has 2 aromatic carbocycles. The number of aliphatic carboxylic acids is 1. The highest BCUT2D eigenvalue weighted by atomic mass is 16.5. The minimum Gasteiger partial charge on any atom is -0.547 e. The lowest BCUT2D eigenvalue weighted by atomic mass is 10.1. The molecule has 0 saturated carbocycles. The fourth-order valence-corrected chi connectivity index (χ4v) is 2.93. The molecule has 7 heteroatoms. The molecule has 0 N–H and O–H groups in total. The van der Waals surface area contributed by atoms with Crippen LogP contribution in [0.1, 0.15) is 22.8 Å². The van der Waals surface area contributed by atoms with E-state index >= 15 is 0 Å². The Balaban J connectivity index is 1.49. The van der Waals surface area contributed by atoms with E-state index in [4.69, 9.17) is 14.2 Å². The van der Waals surface area contributed by atoms with Crippen LogP contribution in [0.2, 0.25) is 0 Å². The highest BCUT2D eigenvalue weighted by molar-refractivity contribution is 5.97. The fourth-order valence-electron chi connectivity index (χ4n) is 2.93. The van der Waals surface area contributed by atoms with E-state index in [1.807, 2.05) is 6.07 Å². The van der Waals surface area contributed by atoms with Crippen LogP contribution in [0.5, 0.6) is 11.5 Å². The van der Waals surface area contributed by atoms with Crippen LogP contribution >= 0.6 is 0 Å². The zero-order valence-electron chi connectivity index (χ0n) is 15.6. The maximum Gasteiger partial charge on any atom is 0.260 e. The summed E-state index contributed by atoms with van der Waals surface area (Å²) in [7, 11) is 0. The predicted octanol–water partition coefficient (Wildman–Crippen LogP) is 1.26. The lowest BCUT2D eigenvalue weighted by Crippen LogP contribution is -2.40. The first-order valence-electron chi connectivity index (χ1n) is 9.13. The lowest BCUT2D eigenvalue weighted by molar-refractivity contribution is -0.316. The molecule has 0 spiro atoms. The highest BCUT2D eigenvalue weighted by Gasteiger charge is 2.24. The number of amides is 1. The molecule has 1 heterocycles. The lowest BCUT2D eigenvalue weighted by Gasteiger charge is -2.28. The molecule has 0 bridgehead atoms. The molecule has 1 aliphatic rings. The molecule has 0 saturated heterocycles. The minimum absolute atomic E-state index is 0.0787. The molecule has 2 aromatic rings. The molecule has 0 aliphatic carbocycles. The number of fused-ring (bicyclic) bond motifs is 1. The van der Waals surface area contributed by atoms with Gasteiger partial charge in [0, 0.05) is 13.0 Å². The molecule has 0 fully saturated rings. The van der Waals surface area contributed by atoms with E-state index in [0.29, 0.717) is 36.8 Å². The molecule has 7 nitrogen and oxygen atoms in total. The van der Waals surface area contributed by atoms with E-state index in [1.165, 1.54) is 0 Å². The van der Waals surface area contributed by atoms with Gasteiger partial charge in [0.1, 0.15) is 24.2 Å². The minimum atomic E-state index is -1.22. The molecule has 3 rings (SSSR count). The van der Waals surface area contributed by atoms with Gasteiger partial charge in [-0.25, -0.2) is 0 Å². The van der Waals surface area contributed by atoms with Crippen molar-refractivity contribution >= 4 is 11.9 Å². The number of para-hydroxylation sites is 1. The first kappa shape index (κ1) is 19.7. The van der Waals surface area contributed by atoms with Crippen molar-refractivity contribution < 1.29 is 28.9 Å². The van der Waals surface area contributed by atoms with E-state index in [0.717, 1.165) is 5.56 Å². The summed E-state index contributed by atoms with van der Waals surface area (Å²) >= 11 is 0. The smallest absolute Gasteiger partial charge is 0.260 e. The topological polar surface area (TPSA) is 88.1 Å². The van der Waals surface area contributed by atoms with Gasteiger partial charge in [0.2, 0.25) is 0 Å². The zero-order valence-corrected chi connectivity index (χ0v) is 15.6. The van der Waals surface area contributed by atoms with Crippen molar-refractivity contribution in [2.45, 2.75) is 19.4 Å². The molecule has 0 aromatic heterocycles. The molecule has 1 amide bonds. The number of benzene rings is 2. The van der Waals surface area contributed by atoms with Crippen molar-refractivity contribution in [1.29, 1.82) is 0 Å². The average Bonchev–Trinajstić information content (AvgIpc) is 2.70. The second-order valence-corrected chi connectivity index (χ2v) is 6.30. The third kappa shape index (κ3) is 4.80. The van der Waals surface area contributed by atoms with Gasteiger partial charge < -0.3 is 29.0 Å². The molecule has 1 atom stereocenters. The van der Waals surface area contributed by atoms with E-state index in [9.17, 15) is 14.7 Å². The van der Waals surface area contributed by atoms with Crippen LogP contribution in [0.15, 0.2) is 48.5 Å². The highest BCUT2D eigenvalue weighted by Crippen LogP contribution is 2.24. The molecule has 1 unspecified atom stereocenters. The normalized spacial score (nSPS) is 14.2. The summed E-state index contributed by atoms with van der Waals surface area (Å²) in [5.74, 6) is -0.0691. The van der Waals surface area contributed by atoms with E-state index in [1.54, 1.807) is 54.3 Å². The van der Waals surface area contributed by atoms with Gasteiger partial charge in [-0.05, 0) is 36.8 Å². The van der Waals surface area contributed by atoms with Crippen molar-refractivity contribution in [2.24, 2.45) is 0 Å². The molecule has 28 heavy (non-hydrogen) atoms. The van der Waals surface area contributed by atoms with Gasteiger partial charge >= 0.3 is 0 Å². The van der Waals surface area contributed by atoms with Gasteiger partial charge in [-0.2, -0.15) is 0 Å². The maximum absolute atomic E-state index is 12.4. The fraction of sp³-hybridized carbons (Fsp3) is 0.333. The summed E-state index contributed by atoms with van der Waals surface area (Å²) in [6.07, 6.45) is -0.736. The van der Waals surface area contributed by atoms with Crippen molar-refractivity contribution in [2.75, 3.05) is 26.5 Å². The Labute approximate surface area is 163 Å². The van der Waals surface area contributed by atoms with E-state index in [2.05, 4.69) is 0 Å². The number of ether oxygens (including phenoxy) is 3. The Kier molecular flexibility index (Phi) is 6.49. The third-order valence-corrected chi connectivity index (χ3v) is 4.39. The van der Waals surface area contributed by atoms with Crippen molar-refractivity contribution in [1.82, 2.24) is 4.90 Å². The Hall–Kier alpha value is -3.06. The van der Waals surface area contributed by atoms with Crippen molar-refractivity contribution in [3.05, 3.63) is 59.7 Å². The van der Waals surface area contributed by atoms with Crippen molar-refractivity contribution in [3.8, 4) is 11.5 Å². The number of hydrogen-bond acceptors (Lipinski definition) is 6. The molecule has 1 aliphatic heterocycles. The first-order valence-corrected chi connectivity index (χ1v) is 9.13. The number of nitrogens with zero attached hydrogens (tertiary/aromatic N) is 1. The van der Waals surface area contributed by atoms with E-state index < -0.39 is 12.1 Å². The van der Waals surface area contributed by atoms with Gasteiger partial charge in [-0.1, -0.05) is 24.3 Å². The number of rotatable bonds is 9. The third-order valence-electron chi connectivity index (χ3n) is 4.39. The van der Waals surface area contributed by atoms with Gasteiger partial charge in [0.25, 0.3) is 5.91 Å². The summed E-state index contributed by atoms with van der Waals surface area (Å²) in [4.78, 5) is 25.1. The predicted molar refractivity (Wildman–Crippen MR) is 99.0 cm³/mol. The molecule has 0 radical (unpaired) electrons. The van der Waals surface area contributed by atoms with E-state index in [-0.39, 0.29) is 19.1 Å². The van der Waals surface area contributed by atoms with Crippen molar-refractivity contribution in [3.63, 3.8) is 0 Å². The number of carbonyl (C=O) groups is 2. The zero-order chi connectivity index (χ0) is 19.9. The van der Waals surface area contributed by atoms with Crippen LogP contribution in [0.4, 0.5) is 0 Å². The molecule has 148 valence electrons. The largest absolute Gasteiger partial charge is 0.547 e. The second kappa shape index (κ2) is 9.23. The van der Waals surface area contributed by atoms with Crippen LogP contribution in [-0.2, 0) is 16.0 Å². The summed E-state index contributed by atoms with van der Waals surface area (Å²) in [6, 6.07) is 14.3. The summed E-state index contributed by atoms with van der Waals surface area (Å²) in [5.41, 5.74) is 1.36. The van der Waals surface area contributed by atoms with Gasteiger partial charge in [0.05, 0.1) is 18.1 Å². The SMILES string of the molecule is CCOC(Cc1ccc(OCCN2COc3ccccc3C2=O)cc1)C(=O)[O-].